The van der Waals surface area contributed by atoms with Gasteiger partial charge in [-0.3, -0.25) is 0 Å². The highest BCUT2D eigenvalue weighted by Gasteiger charge is 2.30. The van der Waals surface area contributed by atoms with Crippen molar-refractivity contribution in [3.8, 4) is 5.75 Å². The molecule has 0 aromatic heterocycles. The number of carbonyl (C=O) groups excluding carboxylic acids is 1. The fourth-order valence-corrected chi connectivity index (χ4v) is 3.57. The van der Waals surface area contributed by atoms with Crippen molar-refractivity contribution in [3.05, 3.63) is 30.3 Å². The van der Waals surface area contributed by atoms with Crippen molar-refractivity contribution in [1.29, 1.82) is 0 Å². The minimum atomic E-state index is -0.522. The molecule has 1 aromatic rings. The smallest absolute Gasteiger partial charge is 0.407 e. The summed E-state index contributed by atoms with van der Waals surface area (Å²) in [4.78, 5) is 12.1. The van der Waals surface area contributed by atoms with Crippen LogP contribution in [0, 0.1) is 5.92 Å². The van der Waals surface area contributed by atoms with Crippen LogP contribution in [-0.4, -0.2) is 43.3 Å². The number of rotatable bonds is 4. The average molecular weight is 408 g/mol. The second-order valence-electron chi connectivity index (χ2n) is 8.70. The molecule has 4 atom stereocenters. The van der Waals surface area contributed by atoms with E-state index in [4.69, 9.17) is 18.9 Å². The molecule has 0 bridgehead atoms. The van der Waals surface area contributed by atoms with E-state index in [0.717, 1.165) is 31.4 Å². The highest BCUT2D eigenvalue weighted by Crippen LogP contribution is 2.27. The highest BCUT2D eigenvalue weighted by atomic mass is 16.7. The van der Waals surface area contributed by atoms with Gasteiger partial charge in [-0.15, -0.1) is 0 Å². The number of nitrogens with one attached hydrogen (secondary N) is 1. The number of hydrogen-bond donors (Lipinski definition) is 1. The van der Waals surface area contributed by atoms with E-state index < -0.39 is 11.7 Å². The predicted octanol–water partition coefficient (Wildman–Crippen LogP) is 4.92. The predicted molar refractivity (Wildman–Crippen MR) is 113 cm³/mol. The Kier molecular flexibility index (Phi) is 9.24. The van der Waals surface area contributed by atoms with Crippen LogP contribution in [0.4, 0.5) is 4.79 Å². The second-order valence-corrected chi connectivity index (χ2v) is 8.70. The van der Waals surface area contributed by atoms with Crippen LogP contribution in [0.25, 0.3) is 0 Å². The zero-order valence-corrected chi connectivity index (χ0v) is 18.5. The van der Waals surface area contributed by atoms with Gasteiger partial charge in [-0.1, -0.05) is 31.5 Å². The summed E-state index contributed by atoms with van der Waals surface area (Å²) in [5.41, 5.74) is -0.522. The third-order valence-electron chi connectivity index (χ3n) is 5.05. The summed E-state index contributed by atoms with van der Waals surface area (Å²) in [6.07, 6.45) is 3.21. The summed E-state index contributed by atoms with van der Waals surface area (Å²) >= 11 is 0. The molecule has 0 saturated carbocycles. The lowest BCUT2D eigenvalue weighted by molar-refractivity contribution is -0.123. The Labute approximate surface area is 175 Å². The van der Waals surface area contributed by atoms with Crippen molar-refractivity contribution in [3.63, 3.8) is 0 Å². The van der Waals surface area contributed by atoms with E-state index in [0.29, 0.717) is 12.5 Å². The number of carbonyl (C=O) groups is 1. The Balaban J connectivity index is 2.00. The van der Waals surface area contributed by atoms with Crippen LogP contribution >= 0.6 is 0 Å². The van der Waals surface area contributed by atoms with Gasteiger partial charge in [0.1, 0.15) is 24.2 Å². The third-order valence-corrected chi connectivity index (χ3v) is 5.05. The molecule has 0 spiro atoms. The van der Waals surface area contributed by atoms with Gasteiger partial charge in [0.05, 0.1) is 18.8 Å². The molecule has 1 aliphatic rings. The maximum Gasteiger partial charge on any atom is 0.407 e. The molecule has 1 amide bonds. The lowest BCUT2D eigenvalue weighted by atomic mass is 9.89. The Hall–Kier alpha value is -1.79. The first-order chi connectivity index (χ1) is 13.8. The molecule has 6 nitrogen and oxygen atoms in total. The van der Waals surface area contributed by atoms with E-state index in [1.165, 1.54) is 0 Å². The van der Waals surface area contributed by atoms with Crippen LogP contribution in [0.2, 0.25) is 0 Å². The van der Waals surface area contributed by atoms with Crippen molar-refractivity contribution in [2.24, 2.45) is 5.92 Å². The minimum Gasteiger partial charge on any atom is -0.487 e. The fourth-order valence-electron chi connectivity index (χ4n) is 3.57. The first-order valence-electron chi connectivity index (χ1n) is 10.7. The van der Waals surface area contributed by atoms with Gasteiger partial charge in [0.15, 0.2) is 0 Å². The van der Waals surface area contributed by atoms with E-state index in [2.05, 4.69) is 12.2 Å². The van der Waals surface area contributed by atoms with Gasteiger partial charge in [-0.25, -0.2) is 4.79 Å². The molecule has 164 valence electrons. The molecule has 1 heterocycles. The Morgan fingerprint density at radius 2 is 1.93 bits per heavy atom. The van der Waals surface area contributed by atoms with Crippen molar-refractivity contribution in [2.75, 3.05) is 13.4 Å². The number of alkyl carbamates (subject to hydrolysis) is 1. The van der Waals surface area contributed by atoms with Crippen molar-refractivity contribution in [2.45, 2.75) is 84.2 Å². The zero-order chi connectivity index (χ0) is 21.3. The summed E-state index contributed by atoms with van der Waals surface area (Å²) < 4.78 is 23.3. The first kappa shape index (κ1) is 23.5. The van der Waals surface area contributed by atoms with Gasteiger partial charge >= 0.3 is 6.09 Å². The van der Waals surface area contributed by atoms with Gasteiger partial charge in [0.2, 0.25) is 0 Å². The Morgan fingerprint density at radius 1 is 1.21 bits per heavy atom. The van der Waals surface area contributed by atoms with Crippen molar-refractivity contribution >= 4 is 6.09 Å². The average Bonchev–Trinajstić information content (AvgIpc) is 2.68. The summed E-state index contributed by atoms with van der Waals surface area (Å²) in [6.45, 7) is 10.3. The maximum atomic E-state index is 12.1. The van der Waals surface area contributed by atoms with E-state index >= 15 is 0 Å². The lowest BCUT2D eigenvalue weighted by Crippen LogP contribution is -2.41. The number of ether oxygens (including phenoxy) is 4. The molecular formula is C23H37NO5. The Morgan fingerprint density at radius 3 is 2.59 bits per heavy atom. The molecule has 6 heteroatoms. The fraction of sp³-hybridized carbons (Fsp3) is 0.696. The largest absolute Gasteiger partial charge is 0.487 e. The van der Waals surface area contributed by atoms with Crippen LogP contribution in [-0.2, 0) is 14.2 Å². The molecular weight excluding hydrogens is 370 g/mol. The highest BCUT2D eigenvalue weighted by molar-refractivity contribution is 5.68. The summed E-state index contributed by atoms with van der Waals surface area (Å²) in [5, 5.41) is 2.93. The SMILES string of the molecule is CC[C@H]1CCC[C@H](NC(=O)OC(C)(C)C)COCO[C@@H](C)[C@@H]1Oc1ccccc1. The molecule has 29 heavy (non-hydrogen) atoms. The molecule has 1 aromatic carbocycles. The summed E-state index contributed by atoms with van der Waals surface area (Å²) in [5.74, 6) is 1.21. The molecule has 1 saturated heterocycles. The van der Waals surface area contributed by atoms with E-state index in [-0.39, 0.29) is 25.0 Å². The molecule has 1 fully saturated rings. The second kappa shape index (κ2) is 11.4. The van der Waals surface area contributed by atoms with Crippen LogP contribution in [0.5, 0.6) is 5.75 Å². The van der Waals surface area contributed by atoms with Gasteiger partial charge in [-0.2, -0.15) is 0 Å². The van der Waals surface area contributed by atoms with E-state index in [1.807, 2.05) is 58.0 Å². The Bertz CT molecular complexity index is 601. The lowest BCUT2D eigenvalue weighted by Gasteiger charge is -2.31. The minimum absolute atomic E-state index is 0.0543. The number of para-hydroxylation sites is 1. The van der Waals surface area contributed by atoms with Gasteiger partial charge < -0.3 is 24.3 Å². The number of benzene rings is 1. The normalized spacial score (nSPS) is 26.8. The molecule has 0 radical (unpaired) electrons. The summed E-state index contributed by atoms with van der Waals surface area (Å²) in [6, 6.07) is 9.77. The van der Waals surface area contributed by atoms with Crippen LogP contribution in [0.1, 0.15) is 60.3 Å². The monoisotopic (exact) mass is 407 g/mol. The van der Waals surface area contributed by atoms with Gasteiger partial charge in [0, 0.05) is 0 Å². The molecule has 2 rings (SSSR count). The van der Waals surface area contributed by atoms with Crippen LogP contribution in [0.15, 0.2) is 30.3 Å². The van der Waals surface area contributed by atoms with Crippen LogP contribution in [0.3, 0.4) is 0 Å². The maximum absolute atomic E-state index is 12.1. The zero-order valence-electron chi connectivity index (χ0n) is 18.5. The van der Waals surface area contributed by atoms with Crippen molar-refractivity contribution < 1.29 is 23.7 Å². The summed E-state index contributed by atoms with van der Waals surface area (Å²) in [7, 11) is 0. The van der Waals surface area contributed by atoms with Gasteiger partial charge in [-0.05, 0) is 65.0 Å². The molecule has 1 N–H and O–H groups in total. The molecule has 0 aliphatic carbocycles. The van der Waals surface area contributed by atoms with Crippen molar-refractivity contribution in [1.82, 2.24) is 5.32 Å². The first-order valence-corrected chi connectivity index (χ1v) is 10.7. The molecule has 1 aliphatic heterocycles. The quantitative estimate of drug-likeness (QED) is 0.768. The topological polar surface area (TPSA) is 66.0 Å². The number of amides is 1. The number of hydrogen-bond acceptors (Lipinski definition) is 5. The van der Waals surface area contributed by atoms with E-state index in [9.17, 15) is 4.79 Å². The molecule has 0 unspecified atom stereocenters. The van der Waals surface area contributed by atoms with Crippen LogP contribution < -0.4 is 10.1 Å². The standard InChI is InChI=1S/C23H37NO5/c1-6-18-11-10-12-19(24-22(25)29-23(3,4)5)15-26-16-27-17(2)21(18)28-20-13-8-7-9-14-20/h7-9,13-14,17-19,21H,6,10-12,15-16H2,1-5H3,(H,24,25)/t17-,18-,19-,21-/m0/s1. The van der Waals surface area contributed by atoms with Gasteiger partial charge in [0.25, 0.3) is 0 Å². The van der Waals surface area contributed by atoms with E-state index in [1.54, 1.807) is 0 Å². The third kappa shape index (κ3) is 8.62.